The van der Waals surface area contributed by atoms with E-state index in [4.69, 9.17) is 0 Å². The molecule has 1 aromatic heterocycles. The average Bonchev–Trinajstić information content (AvgIpc) is 2.46. The Bertz CT molecular complexity index is 439. The monoisotopic (exact) mass is 240 g/mol. The van der Waals surface area contributed by atoms with E-state index < -0.39 is 0 Å². The molecular formula is C16H20N2. The Balaban J connectivity index is 1.85. The highest BCUT2D eigenvalue weighted by Crippen LogP contribution is 2.15. The normalized spacial score (nSPS) is 12.3. The maximum atomic E-state index is 4.03. The number of rotatable bonds is 6. The van der Waals surface area contributed by atoms with Crippen LogP contribution in [-0.2, 0) is 6.42 Å². The largest absolute Gasteiger partial charge is 0.310 e. The van der Waals surface area contributed by atoms with Crippen molar-refractivity contribution in [3.05, 3.63) is 66.0 Å². The van der Waals surface area contributed by atoms with E-state index in [0.29, 0.717) is 6.04 Å². The van der Waals surface area contributed by atoms with E-state index in [2.05, 4.69) is 59.7 Å². The van der Waals surface area contributed by atoms with Gasteiger partial charge in [-0.15, -0.1) is 0 Å². The van der Waals surface area contributed by atoms with E-state index in [9.17, 15) is 0 Å². The van der Waals surface area contributed by atoms with Gasteiger partial charge in [0.25, 0.3) is 0 Å². The quantitative estimate of drug-likeness (QED) is 0.837. The molecule has 18 heavy (non-hydrogen) atoms. The summed E-state index contributed by atoms with van der Waals surface area (Å²) in [5.74, 6) is 0. The summed E-state index contributed by atoms with van der Waals surface area (Å²) in [6.45, 7) is 3.22. The van der Waals surface area contributed by atoms with Crippen LogP contribution in [0.4, 0.5) is 0 Å². The zero-order chi connectivity index (χ0) is 12.6. The third kappa shape index (κ3) is 3.67. The molecule has 1 heterocycles. The Hall–Kier alpha value is -1.67. The van der Waals surface area contributed by atoms with Crippen LogP contribution in [0.3, 0.4) is 0 Å². The summed E-state index contributed by atoms with van der Waals surface area (Å²) < 4.78 is 0. The Morgan fingerprint density at radius 2 is 1.78 bits per heavy atom. The second-order valence-electron chi connectivity index (χ2n) is 4.43. The van der Waals surface area contributed by atoms with Crippen LogP contribution >= 0.6 is 0 Å². The topological polar surface area (TPSA) is 24.9 Å². The zero-order valence-electron chi connectivity index (χ0n) is 10.8. The van der Waals surface area contributed by atoms with Crippen molar-refractivity contribution in [1.29, 1.82) is 0 Å². The van der Waals surface area contributed by atoms with Crippen LogP contribution in [0.25, 0.3) is 0 Å². The molecular weight excluding hydrogens is 220 g/mol. The van der Waals surface area contributed by atoms with E-state index in [-0.39, 0.29) is 0 Å². The second-order valence-corrected chi connectivity index (χ2v) is 4.43. The number of hydrogen-bond acceptors (Lipinski definition) is 2. The fourth-order valence-corrected chi connectivity index (χ4v) is 2.12. The maximum absolute atomic E-state index is 4.03. The molecule has 1 N–H and O–H groups in total. The molecule has 0 fully saturated rings. The molecule has 1 atom stereocenters. The number of nitrogens with zero attached hydrogens (tertiary/aromatic N) is 1. The van der Waals surface area contributed by atoms with Crippen molar-refractivity contribution in [3.8, 4) is 0 Å². The second kappa shape index (κ2) is 6.92. The van der Waals surface area contributed by atoms with E-state index in [1.165, 1.54) is 11.1 Å². The van der Waals surface area contributed by atoms with Gasteiger partial charge >= 0.3 is 0 Å². The lowest BCUT2D eigenvalue weighted by Crippen LogP contribution is -2.23. The highest BCUT2D eigenvalue weighted by Gasteiger charge is 2.06. The molecule has 2 nitrogen and oxygen atoms in total. The van der Waals surface area contributed by atoms with E-state index in [1.54, 1.807) is 0 Å². The molecule has 1 unspecified atom stereocenters. The van der Waals surface area contributed by atoms with Gasteiger partial charge in [-0.1, -0.05) is 37.3 Å². The first-order valence-electron chi connectivity index (χ1n) is 6.57. The lowest BCUT2D eigenvalue weighted by atomic mass is 10.0. The molecule has 0 aliphatic carbocycles. The van der Waals surface area contributed by atoms with Crippen molar-refractivity contribution in [3.63, 3.8) is 0 Å². The zero-order valence-corrected chi connectivity index (χ0v) is 10.8. The summed E-state index contributed by atoms with van der Waals surface area (Å²) >= 11 is 0. The lowest BCUT2D eigenvalue weighted by Gasteiger charge is -2.17. The smallest absolute Gasteiger partial charge is 0.0317 e. The first-order chi connectivity index (χ1) is 8.90. The molecule has 0 radical (unpaired) electrons. The Morgan fingerprint density at radius 3 is 2.44 bits per heavy atom. The van der Waals surface area contributed by atoms with Gasteiger partial charge < -0.3 is 5.32 Å². The minimum atomic E-state index is 0.452. The van der Waals surface area contributed by atoms with Gasteiger partial charge in [-0.2, -0.15) is 0 Å². The van der Waals surface area contributed by atoms with E-state index in [1.807, 2.05) is 12.4 Å². The Morgan fingerprint density at radius 1 is 1.06 bits per heavy atom. The van der Waals surface area contributed by atoms with Gasteiger partial charge in [0, 0.05) is 18.4 Å². The van der Waals surface area contributed by atoms with Crippen LogP contribution in [-0.4, -0.2) is 11.5 Å². The van der Waals surface area contributed by atoms with Crippen molar-refractivity contribution in [2.45, 2.75) is 25.8 Å². The van der Waals surface area contributed by atoms with Crippen molar-refractivity contribution in [2.75, 3.05) is 6.54 Å². The molecule has 2 rings (SSSR count). The van der Waals surface area contributed by atoms with Gasteiger partial charge in [0.2, 0.25) is 0 Å². The summed E-state index contributed by atoms with van der Waals surface area (Å²) in [6, 6.07) is 15.2. The first-order valence-corrected chi connectivity index (χ1v) is 6.57. The van der Waals surface area contributed by atoms with Gasteiger partial charge in [0.1, 0.15) is 0 Å². The fraction of sp³-hybridized carbons (Fsp3) is 0.312. The fourth-order valence-electron chi connectivity index (χ4n) is 2.12. The van der Waals surface area contributed by atoms with Crippen LogP contribution < -0.4 is 5.32 Å². The molecule has 0 aliphatic heterocycles. The molecule has 94 valence electrons. The van der Waals surface area contributed by atoms with Crippen molar-refractivity contribution < 1.29 is 0 Å². The number of hydrogen-bond donors (Lipinski definition) is 1. The van der Waals surface area contributed by atoms with Crippen molar-refractivity contribution in [2.24, 2.45) is 0 Å². The summed E-state index contributed by atoms with van der Waals surface area (Å²) in [7, 11) is 0. The minimum Gasteiger partial charge on any atom is -0.310 e. The van der Waals surface area contributed by atoms with Gasteiger partial charge in [0.15, 0.2) is 0 Å². The van der Waals surface area contributed by atoms with Gasteiger partial charge in [0.05, 0.1) is 0 Å². The SMILES string of the molecule is CCC(NCCc1ccncc1)c1ccccc1. The first kappa shape index (κ1) is 12.8. The van der Waals surface area contributed by atoms with Crippen LogP contribution in [0.15, 0.2) is 54.9 Å². The van der Waals surface area contributed by atoms with E-state index >= 15 is 0 Å². The molecule has 0 saturated carbocycles. The molecule has 0 saturated heterocycles. The summed E-state index contributed by atoms with van der Waals surface area (Å²) in [6.07, 6.45) is 5.86. The van der Waals surface area contributed by atoms with Crippen LogP contribution in [0.1, 0.15) is 30.5 Å². The summed E-state index contributed by atoms with van der Waals surface area (Å²) in [4.78, 5) is 4.03. The van der Waals surface area contributed by atoms with Gasteiger partial charge in [-0.3, -0.25) is 4.98 Å². The summed E-state index contributed by atoms with van der Waals surface area (Å²) in [5.41, 5.74) is 2.70. The number of pyridine rings is 1. The predicted molar refractivity (Wildman–Crippen MR) is 75.4 cm³/mol. The molecule has 0 amide bonds. The third-order valence-electron chi connectivity index (χ3n) is 3.16. The highest BCUT2D eigenvalue weighted by molar-refractivity contribution is 5.19. The maximum Gasteiger partial charge on any atom is 0.0317 e. The van der Waals surface area contributed by atoms with Crippen LogP contribution in [0, 0.1) is 0 Å². The number of benzene rings is 1. The average molecular weight is 240 g/mol. The highest BCUT2D eigenvalue weighted by atomic mass is 14.9. The van der Waals surface area contributed by atoms with Crippen molar-refractivity contribution in [1.82, 2.24) is 10.3 Å². The molecule has 0 spiro atoms. The minimum absolute atomic E-state index is 0.452. The molecule has 0 bridgehead atoms. The molecule has 1 aromatic carbocycles. The van der Waals surface area contributed by atoms with Gasteiger partial charge in [-0.25, -0.2) is 0 Å². The molecule has 2 aromatic rings. The third-order valence-corrected chi connectivity index (χ3v) is 3.16. The van der Waals surface area contributed by atoms with Crippen LogP contribution in [0.5, 0.6) is 0 Å². The Kier molecular flexibility index (Phi) is 4.91. The van der Waals surface area contributed by atoms with Crippen LogP contribution in [0.2, 0.25) is 0 Å². The summed E-state index contributed by atoms with van der Waals surface area (Å²) in [5, 5.41) is 3.61. The number of nitrogens with one attached hydrogen (secondary N) is 1. The van der Waals surface area contributed by atoms with Crippen molar-refractivity contribution >= 4 is 0 Å². The Labute approximate surface area is 109 Å². The number of aromatic nitrogens is 1. The molecule has 0 aliphatic rings. The lowest BCUT2D eigenvalue weighted by molar-refractivity contribution is 0.522. The van der Waals surface area contributed by atoms with E-state index in [0.717, 1.165) is 19.4 Å². The standard InChI is InChI=1S/C16H20N2/c1-2-16(15-6-4-3-5-7-15)18-13-10-14-8-11-17-12-9-14/h3-9,11-12,16,18H,2,10,13H2,1H3. The molecule has 2 heteroatoms. The predicted octanol–water partition coefficient (Wildman–Crippen LogP) is 3.37. The van der Waals surface area contributed by atoms with Gasteiger partial charge in [-0.05, 0) is 42.6 Å².